The quantitative estimate of drug-likeness (QED) is 0.574. The predicted octanol–water partition coefficient (Wildman–Crippen LogP) is 3.00. The Morgan fingerprint density at radius 2 is 1.93 bits per heavy atom. The molecule has 1 aromatic carbocycles. The van der Waals surface area contributed by atoms with Crippen LogP contribution in [0.1, 0.15) is 32.3 Å². The summed E-state index contributed by atoms with van der Waals surface area (Å²) in [5.74, 6) is 0.734. The minimum Gasteiger partial charge on any atom is -0.494 e. The molecule has 6 nitrogen and oxygen atoms in total. The van der Waals surface area contributed by atoms with Crippen LogP contribution in [0.25, 0.3) is 6.08 Å². The van der Waals surface area contributed by atoms with Gasteiger partial charge in [0, 0.05) is 33.1 Å². The van der Waals surface area contributed by atoms with Gasteiger partial charge in [0.25, 0.3) is 5.91 Å². The van der Waals surface area contributed by atoms with Crippen molar-refractivity contribution in [3.63, 3.8) is 0 Å². The van der Waals surface area contributed by atoms with Gasteiger partial charge in [-0.25, -0.2) is 0 Å². The molecule has 0 spiro atoms. The lowest BCUT2D eigenvalue weighted by Gasteiger charge is -2.34. The van der Waals surface area contributed by atoms with Gasteiger partial charge >= 0.3 is 0 Å². The number of amidine groups is 1. The molecule has 144 valence electrons. The minimum atomic E-state index is -0.202. The SMILES string of the molecule is CCCCOc1ccc(/C=C2/SC(N3CCN(C(C)=O)CC3)=NC2=O)cc1. The molecule has 7 heteroatoms. The number of piperazine rings is 1. The number of carbonyl (C=O) groups is 2. The number of aliphatic imine (C=N–C) groups is 1. The van der Waals surface area contributed by atoms with Gasteiger partial charge < -0.3 is 14.5 Å². The number of thioether (sulfide) groups is 1. The van der Waals surface area contributed by atoms with Crippen LogP contribution in [-0.2, 0) is 9.59 Å². The van der Waals surface area contributed by atoms with Crippen LogP contribution in [0, 0.1) is 0 Å². The largest absolute Gasteiger partial charge is 0.494 e. The highest BCUT2D eigenvalue weighted by atomic mass is 32.2. The van der Waals surface area contributed by atoms with Gasteiger partial charge in [0.2, 0.25) is 5.91 Å². The first-order valence-corrected chi connectivity index (χ1v) is 10.1. The van der Waals surface area contributed by atoms with Crippen LogP contribution in [0.2, 0.25) is 0 Å². The molecule has 0 unspecified atom stereocenters. The first kappa shape index (κ1) is 19.5. The molecule has 2 aliphatic rings. The van der Waals surface area contributed by atoms with Crippen LogP contribution in [0.15, 0.2) is 34.2 Å². The van der Waals surface area contributed by atoms with Crippen LogP contribution < -0.4 is 4.74 Å². The second kappa shape index (κ2) is 9.08. The Labute approximate surface area is 164 Å². The zero-order chi connectivity index (χ0) is 19.2. The van der Waals surface area contributed by atoms with E-state index in [1.54, 1.807) is 6.92 Å². The molecule has 1 saturated heterocycles. The first-order valence-electron chi connectivity index (χ1n) is 9.32. The summed E-state index contributed by atoms with van der Waals surface area (Å²) < 4.78 is 5.66. The number of hydrogen-bond donors (Lipinski definition) is 0. The van der Waals surface area contributed by atoms with E-state index in [9.17, 15) is 9.59 Å². The second-order valence-corrected chi connectivity index (χ2v) is 7.58. The fourth-order valence-corrected chi connectivity index (χ4v) is 3.86. The highest BCUT2D eigenvalue weighted by molar-refractivity contribution is 8.18. The molecule has 0 aliphatic carbocycles. The Kier molecular flexibility index (Phi) is 6.55. The van der Waals surface area contributed by atoms with E-state index in [0.717, 1.165) is 35.9 Å². The van der Waals surface area contributed by atoms with E-state index in [1.807, 2.05) is 35.2 Å². The molecule has 0 radical (unpaired) electrons. The number of nitrogens with zero attached hydrogens (tertiary/aromatic N) is 3. The monoisotopic (exact) mass is 387 g/mol. The van der Waals surface area contributed by atoms with Crippen molar-refractivity contribution < 1.29 is 14.3 Å². The van der Waals surface area contributed by atoms with Crippen molar-refractivity contribution in [2.75, 3.05) is 32.8 Å². The van der Waals surface area contributed by atoms with Crippen LogP contribution in [0.3, 0.4) is 0 Å². The smallest absolute Gasteiger partial charge is 0.286 e. The molecule has 0 atom stereocenters. The van der Waals surface area contributed by atoms with Crippen molar-refractivity contribution >= 4 is 34.8 Å². The van der Waals surface area contributed by atoms with E-state index in [-0.39, 0.29) is 11.8 Å². The van der Waals surface area contributed by atoms with Crippen molar-refractivity contribution in [3.05, 3.63) is 34.7 Å². The maximum Gasteiger partial charge on any atom is 0.286 e. The fourth-order valence-electron chi connectivity index (χ4n) is 2.89. The maximum atomic E-state index is 12.3. The number of amides is 2. The van der Waals surface area contributed by atoms with Crippen molar-refractivity contribution in [2.24, 2.45) is 4.99 Å². The van der Waals surface area contributed by atoms with Gasteiger partial charge in [-0.3, -0.25) is 9.59 Å². The maximum absolute atomic E-state index is 12.3. The molecule has 0 bridgehead atoms. The van der Waals surface area contributed by atoms with Gasteiger partial charge in [-0.2, -0.15) is 4.99 Å². The van der Waals surface area contributed by atoms with Gasteiger partial charge in [-0.1, -0.05) is 25.5 Å². The molecule has 1 aromatic rings. The lowest BCUT2D eigenvalue weighted by Crippen LogP contribution is -2.49. The summed E-state index contributed by atoms with van der Waals surface area (Å²) in [6.07, 6.45) is 4.01. The third kappa shape index (κ3) is 5.13. The molecule has 27 heavy (non-hydrogen) atoms. The van der Waals surface area contributed by atoms with E-state index >= 15 is 0 Å². The van der Waals surface area contributed by atoms with Crippen LogP contribution in [0.4, 0.5) is 0 Å². The number of ether oxygens (including phenoxy) is 1. The Morgan fingerprint density at radius 1 is 1.22 bits per heavy atom. The highest BCUT2D eigenvalue weighted by Crippen LogP contribution is 2.31. The molecule has 0 saturated carbocycles. The topological polar surface area (TPSA) is 62.2 Å². The van der Waals surface area contributed by atoms with Gasteiger partial charge in [0.1, 0.15) is 5.75 Å². The first-order chi connectivity index (χ1) is 13.1. The third-order valence-electron chi connectivity index (χ3n) is 4.55. The number of unbranched alkanes of at least 4 members (excludes halogenated alkanes) is 1. The van der Waals surface area contributed by atoms with E-state index in [1.165, 1.54) is 11.8 Å². The summed E-state index contributed by atoms with van der Waals surface area (Å²) in [6.45, 7) is 7.19. The van der Waals surface area contributed by atoms with Crippen molar-refractivity contribution in [1.82, 2.24) is 9.80 Å². The lowest BCUT2D eigenvalue weighted by molar-refractivity contribution is -0.130. The zero-order valence-corrected chi connectivity index (χ0v) is 16.6. The second-order valence-electron chi connectivity index (χ2n) is 6.57. The molecular formula is C20H25N3O3S. The predicted molar refractivity (Wildman–Crippen MR) is 109 cm³/mol. The third-order valence-corrected chi connectivity index (χ3v) is 5.59. The number of hydrogen-bond acceptors (Lipinski definition) is 5. The Morgan fingerprint density at radius 3 is 2.56 bits per heavy atom. The normalized spacial score (nSPS) is 18.8. The van der Waals surface area contributed by atoms with Gasteiger partial charge in [0.05, 0.1) is 11.5 Å². The zero-order valence-electron chi connectivity index (χ0n) is 15.8. The minimum absolute atomic E-state index is 0.0921. The molecule has 3 rings (SSSR count). The summed E-state index contributed by atoms with van der Waals surface area (Å²) in [5, 5.41) is 0.731. The molecule has 2 aliphatic heterocycles. The average molecular weight is 388 g/mol. The van der Waals surface area contributed by atoms with Gasteiger partial charge in [0.15, 0.2) is 5.17 Å². The molecular weight excluding hydrogens is 362 g/mol. The Hall–Kier alpha value is -2.28. The summed E-state index contributed by atoms with van der Waals surface area (Å²) in [4.78, 5) is 32.4. The summed E-state index contributed by atoms with van der Waals surface area (Å²) in [7, 11) is 0. The summed E-state index contributed by atoms with van der Waals surface area (Å²) in [6, 6.07) is 7.75. The molecule has 2 heterocycles. The fraction of sp³-hybridized carbons (Fsp3) is 0.450. The van der Waals surface area contributed by atoms with Crippen molar-refractivity contribution in [2.45, 2.75) is 26.7 Å². The summed E-state index contributed by atoms with van der Waals surface area (Å²) in [5.41, 5.74) is 0.951. The summed E-state index contributed by atoms with van der Waals surface area (Å²) >= 11 is 1.40. The van der Waals surface area contributed by atoms with Crippen LogP contribution in [-0.4, -0.2) is 59.6 Å². The van der Waals surface area contributed by atoms with E-state index in [2.05, 4.69) is 16.8 Å². The number of rotatable bonds is 5. The Balaban J connectivity index is 1.58. The van der Waals surface area contributed by atoms with Crippen molar-refractivity contribution in [1.29, 1.82) is 0 Å². The molecule has 2 amide bonds. The average Bonchev–Trinajstić information content (AvgIpc) is 3.04. The van der Waals surface area contributed by atoms with Crippen molar-refractivity contribution in [3.8, 4) is 5.75 Å². The van der Waals surface area contributed by atoms with Gasteiger partial charge in [-0.15, -0.1) is 0 Å². The van der Waals surface area contributed by atoms with E-state index < -0.39 is 0 Å². The van der Waals surface area contributed by atoms with E-state index in [4.69, 9.17) is 4.74 Å². The van der Waals surface area contributed by atoms with E-state index in [0.29, 0.717) is 31.1 Å². The highest BCUT2D eigenvalue weighted by Gasteiger charge is 2.28. The molecule has 0 N–H and O–H groups in total. The number of benzene rings is 1. The van der Waals surface area contributed by atoms with Crippen LogP contribution >= 0.6 is 11.8 Å². The lowest BCUT2D eigenvalue weighted by atomic mass is 10.2. The number of carbonyl (C=O) groups excluding carboxylic acids is 2. The standard InChI is InChI=1S/C20H25N3O3S/c1-3-4-13-26-17-7-5-16(6-8-17)14-18-19(25)21-20(27-18)23-11-9-22(10-12-23)15(2)24/h5-8,14H,3-4,9-13H2,1-2H3/b18-14+. The Bertz CT molecular complexity index is 750. The molecule has 0 aromatic heterocycles. The molecule has 1 fully saturated rings. The van der Waals surface area contributed by atoms with Crippen LogP contribution in [0.5, 0.6) is 5.75 Å². The van der Waals surface area contributed by atoms with Gasteiger partial charge in [-0.05, 0) is 42.0 Å².